The maximum absolute atomic E-state index is 12.1. The lowest BCUT2D eigenvalue weighted by Gasteiger charge is -2.11. The maximum atomic E-state index is 12.1. The zero-order valence-corrected chi connectivity index (χ0v) is 19.3. The van der Waals surface area contributed by atoms with Crippen LogP contribution in [0.1, 0.15) is 22.4 Å². The number of allylic oxidation sites excluding steroid dienone is 2. The lowest BCUT2D eigenvalue weighted by Crippen LogP contribution is -2.23. The summed E-state index contributed by atoms with van der Waals surface area (Å²) in [6.45, 7) is 12.0. The molecule has 0 spiro atoms. The summed E-state index contributed by atoms with van der Waals surface area (Å²) >= 11 is 0. The van der Waals surface area contributed by atoms with E-state index >= 15 is 0 Å². The van der Waals surface area contributed by atoms with Crippen molar-refractivity contribution in [3.05, 3.63) is 97.1 Å². The molecule has 2 heterocycles. The molecule has 166 valence electrons. The van der Waals surface area contributed by atoms with Gasteiger partial charge in [-0.1, -0.05) is 30.9 Å². The van der Waals surface area contributed by atoms with Gasteiger partial charge in [-0.15, -0.1) is 13.2 Å². The van der Waals surface area contributed by atoms with Crippen LogP contribution in [0.3, 0.4) is 0 Å². The number of para-hydroxylation sites is 1. The number of hydrogen-bond donors (Lipinski definition) is 1. The van der Waals surface area contributed by atoms with Crippen LogP contribution in [0, 0.1) is 6.92 Å². The Morgan fingerprint density at radius 1 is 1.19 bits per heavy atom. The highest BCUT2D eigenvalue weighted by atomic mass is 16.5. The van der Waals surface area contributed by atoms with E-state index in [0.717, 1.165) is 44.8 Å². The smallest absolute Gasteiger partial charge is 0.226 e. The zero-order valence-electron chi connectivity index (χ0n) is 19.3. The first-order valence-electron chi connectivity index (χ1n) is 10.2. The van der Waals surface area contributed by atoms with Crippen molar-refractivity contribution in [1.82, 2.24) is 14.9 Å². The number of H-pyrrole nitrogens is 1. The molecule has 0 saturated heterocycles. The Morgan fingerprint density at radius 3 is 2.56 bits per heavy atom. The molecule has 0 atom stereocenters. The van der Waals surface area contributed by atoms with Crippen LogP contribution in [0.2, 0.25) is 0 Å². The Morgan fingerprint density at radius 2 is 1.91 bits per heavy atom. The Hall–Kier alpha value is -3.86. The molecule has 3 aromatic rings. The number of pyridine rings is 1. The van der Waals surface area contributed by atoms with Gasteiger partial charge in [-0.2, -0.15) is 0 Å². The van der Waals surface area contributed by atoms with Crippen molar-refractivity contribution >= 4 is 17.6 Å². The number of benzene rings is 1. The molecule has 0 aliphatic rings. The molecule has 0 aliphatic heterocycles. The molecule has 1 amide bonds. The largest absolute Gasteiger partial charge is 0.496 e. The Bertz CT molecular complexity index is 1110. The van der Waals surface area contributed by atoms with Crippen LogP contribution in [0.4, 0.5) is 0 Å². The van der Waals surface area contributed by atoms with Gasteiger partial charge in [0.15, 0.2) is 0 Å². The summed E-state index contributed by atoms with van der Waals surface area (Å²) in [6.07, 6.45) is 9.73. The molecule has 1 N–H and O–H groups in total. The molecular weight excluding hydrogens is 398 g/mol. The van der Waals surface area contributed by atoms with Crippen molar-refractivity contribution in [2.45, 2.75) is 13.3 Å². The molecule has 0 fully saturated rings. The average Bonchev–Trinajstić information content (AvgIpc) is 3.18. The number of methoxy groups -OCH3 is 1. The Labute approximate surface area is 190 Å². The third-order valence-electron chi connectivity index (χ3n) is 5.03. The van der Waals surface area contributed by atoms with Crippen LogP contribution in [0.5, 0.6) is 5.75 Å². The maximum Gasteiger partial charge on any atom is 0.226 e. The molecule has 3 rings (SSSR count). The van der Waals surface area contributed by atoms with Gasteiger partial charge in [-0.05, 0) is 36.3 Å². The van der Waals surface area contributed by atoms with Gasteiger partial charge in [0.25, 0.3) is 0 Å². The number of aryl methyl sites for hydroxylation is 1. The summed E-state index contributed by atoms with van der Waals surface area (Å²) in [5.41, 5.74) is 6.89. The zero-order chi connectivity index (χ0) is 23.7. The minimum atomic E-state index is 0.0398. The number of aromatic amines is 1. The van der Waals surface area contributed by atoms with E-state index in [1.165, 1.54) is 0 Å². The molecule has 2 aromatic heterocycles. The quantitative estimate of drug-likeness (QED) is 0.395. The van der Waals surface area contributed by atoms with Crippen LogP contribution < -0.4 is 4.74 Å². The molecule has 5 nitrogen and oxygen atoms in total. The first-order chi connectivity index (χ1) is 15.4. The minimum absolute atomic E-state index is 0.0398. The van der Waals surface area contributed by atoms with E-state index in [1.807, 2.05) is 49.5 Å². The van der Waals surface area contributed by atoms with Crippen LogP contribution in [-0.4, -0.2) is 42.0 Å². The fraction of sp³-hybridized carbons (Fsp3) is 0.185. The van der Waals surface area contributed by atoms with Crippen molar-refractivity contribution in [2.75, 3.05) is 21.2 Å². The first-order valence-corrected chi connectivity index (χ1v) is 10.2. The third-order valence-corrected chi connectivity index (χ3v) is 5.03. The Balaban J connectivity index is 0.00000176. The normalized spacial score (nSPS) is 10.7. The van der Waals surface area contributed by atoms with Gasteiger partial charge in [-0.3, -0.25) is 9.78 Å². The lowest BCUT2D eigenvalue weighted by molar-refractivity contribution is -0.127. The van der Waals surface area contributed by atoms with Gasteiger partial charge < -0.3 is 14.6 Å². The highest BCUT2D eigenvalue weighted by Crippen LogP contribution is 2.35. The molecule has 1 aromatic carbocycles. The van der Waals surface area contributed by atoms with Gasteiger partial charge in [0, 0.05) is 60.6 Å². The van der Waals surface area contributed by atoms with E-state index in [-0.39, 0.29) is 5.91 Å². The number of nitrogens with zero attached hydrogens (tertiary/aromatic N) is 2. The molecule has 0 aliphatic carbocycles. The highest BCUT2D eigenvalue weighted by molar-refractivity contribution is 5.92. The number of carbonyl (C=O) groups excluding carboxylic acids is 1. The number of aromatic nitrogens is 2. The fourth-order valence-corrected chi connectivity index (χ4v) is 3.30. The van der Waals surface area contributed by atoms with Gasteiger partial charge >= 0.3 is 0 Å². The summed E-state index contributed by atoms with van der Waals surface area (Å²) in [7, 11) is 5.18. The highest BCUT2D eigenvalue weighted by Gasteiger charge is 2.14. The van der Waals surface area contributed by atoms with E-state index in [0.29, 0.717) is 6.42 Å². The second kappa shape index (κ2) is 11.5. The summed E-state index contributed by atoms with van der Waals surface area (Å²) in [5.74, 6) is 0.857. The minimum Gasteiger partial charge on any atom is -0.496 e. The monoisotopic (exact) mass is 429 g/mol. The number of carbonyl (C=O) groups is 1. The van der Waals surface area contributed by atoms with Gasteiger partial charge in [0.2, 0.25) is 5.91 Å². The van der Waals surface area contributed by atoms with Crippen molar-refractivity contribution < 1.29 is 9.53 Å². The van der Waals surface area contributed by atoms with Crippen molar-refractivity contribution in [3.63, 3.8) is 0 Å². The molecule has 0 radical (unpaired) electrons. The van der Waals surface area contributed by atoms with Crippen LogP contribution in [0.15, 0.2) is 74.7 Å². The number of likely N-dealkylation sites (N-methyl/N-ethyl adjacent to an activating group) is 1. The van der Waals surface area contributed by atoms with E-state index in [2.05, 4.69) is 35.8 Å². The molecule has 32 heavy (non-hydrogen) atoms. The number of amides is 1. The van der Waals surface area contributed by atoms with Crippen molar-refractivity contribution in [2.24, 2.45) is 0 Å². The number of nitrogens with one attached hydrogen (secondary N) is 1. The van der Waals surface area contributed by atoms with E-state index in [4.69, 9.17) is 4.74 Å². The second-order valence-electron chi connectivity index (χ2n) is 7.29. The summed E-state index contributed by atoms with van der Waals surface area (Å²) < 4.78 is 5.55. The second-order valence-corrected chi connectivity index (χ2v) is 7.29. The Kier molecular flexibility index (Phi) is 8.78. The predicted octanol–water partition coefficient (Wildman–Crippen LogP) is 5.55. The van der Waals surface area contributed by atoms with Crippen molar-refractivity contribution in [1.29, 1.82) is 0 Å². The molecule has 0 unspecified atom stereocenters. The standard InChI is InChI=1S/C25H27N3O2.C2H4/c1-6-19(20-11-18(14-26-15-20)12-25(29)28(3)4)13-22-17(2)27-16-23(22)21-9-7-8-10-24(21)30-5;1-2/h6-11,13-16,27H,1,12H2,2-5H3;1-2H2/b19-13+;. The molecule has 0 bridgehead atoms. The SMILES string of the molecule is C=C.C=C/C(=C\c1c(-c2ccccc2OC)c[nH]c1C)c1cncc(CC(=O)N(C)C)c1. The van der Waals surface area contributed by atoms with E-state index < -0.39 is 0 Å². The number of hydrogen-bond acceptors (Lipinski definition) is 3. The summed E-state index contributed by atoms with van der Waals surface area (Å²) in [6, 6.07) is 9.94. The molecule has 5 heteroatoms. The van der Waals surface area contributed by atoms with E-state index in [1.54, 1.807) is 38.5 Å². The van der Waals surface area contributed by atoms with Gasteiger partial charge in [-0.25, -0.2) is 0 Å². The summed E-state index contributed by atoms with van der Waals surface area (Å²) in [4.78, 5) is 21.3. The number of rotatable bonds is 7. The molecule has 0 saturated carbocycles. The van der Waals surface area contributed by atoms with Crippen LogP contribution in [0.25, 0.3) is 22.8 Å². The number of ether oxygens (including phenoxy) is 1. The van der Waals surface area contributed by atoms with Gasteiger partial charge in [0.1, 0.15) is 5.75 Å². The average molecular weight is 430 g/mol. The topological polar surface area (TPSA) is 58.2 Å². The first kappa shape index (κ1) is 24.4. The third kappa shape index (κ3) is 5.64. The van der Waals surface area contributed by atoms with Crippen LogP contribution >= 0.6 is 0 Å². The van der Waals surface area contributed by atoms with Gasteiger partial charge in [0.05, 0.1) is 13.5 Å². The van der Waals surface area contributed by atoms with E-state index in [9.17, 15) is 4.79 Å². The lowest BCUT2D eigenvalue weighted by atomic mass is 9.97. The van der Waals surface area contributed by atoms with Crippen LogP contribution in [-0.2, 0) is 11.2 Å². The van der Waals surface area contributed by atoms with Crippen molar-refractivity contribution in [3.8, 4) is 16.9 Å². The predicted molar refractivity (Wildman–Crippen MR) is 133 cm³/mol. The fourth-order valence-electron chi connectivity index (χ4n) is 3.30. The molecular formula is C27H31N3O2. The summed E-state index contributed by atoms with van der Waals surface area (Å²) in [5, 5.41) is 0.